The fraction of sp³-hybridized carbons (Fsp3) is 0.208. The minimum absolute atomic E-state index is 0.234. The van der Waals surface area contributed by atoms with Crippen LogP contribution in [0.4, 0.5) is 5.69 Å². The van der Waals surface area contributed by atoms with Crippen LogP contribution in [0, 0.1) is 6.92 Å². The highest BCUT2D eigenvalue weighted by Gasteiger charge is 2.26. The molecule has 0 aliphatic carbocycles. The Hall–Kier alpha value is -3.33. The van der Waals surface area contributed by atoms with E-state index in [2.05, 4.69) is 20.3 Å². The molecular formula is C24H24N4O3S. The molecule has 0 aliphatic heterocycles. The zero-order valence-corrected chi connectivity index (χ0v) is 18.5. The molecule has 4 rings (SSSR count). The van der Waals surface area contributed by atoms with Gasteiger partial charge in [0.25, 0.3) is 0 Å². The molecule has 0 unspecified atom stereocenters. The van der Waals surface area contributed by atoms with Gasteiger partial charge in [0.05, 0.1) is 22.8 Å². The molecule has 164 valence electrons. The van der Waals surface area contributed by atoms with Gasteiger partial charge < -0.3 is 20.3 Å². The lowest BCUT2D eigenvalue weighted by atomic mass is 9.97. The van der Waals surface area contributed by atoms with Crippen molar-refractivity contribution in [2.24, 2.45) is 0 Å². The van der Waals surface area contributed by atoms with Crippen LogP contribution in [0.15, 0.2) is 72.4 Å². The fourth-order valence-corrected chi connectivity index (χ4v) is 3.89. The summed E-state index contributed by atoms with van der Waals surface area (Å²) in [6.45, 7) is 3.54. The van der Waals surface area contributed by atoms with Crippen LogP contribution >= 0.6 is 11.3 Å². The number of nitrogens with one attached hydrogen (secondary N) is 1. The molecule has 8 heteroatoms. The largest absolute Gasteiger partial charge is 0.424 e. The molecule has 0 spiro atoms. The Morgan fingerprint density at radius 2 is 1.75 bits per heavy atom. The molecule has 32 heavy (non-hydrogen) atoms. The van der Waals surface area contributed by atoms with Gasteiger partial charge in [0, 0.05) is 29.0 Å². The normalized spacial score (nSPS) is 13.9. The lowest BCUT2D eigenvalue weighted by molar-refractivity contribution is 0.0190. The first kappa shape index (κ1) is 21.9. The Morgan fingerprint density at radius 3 is 2.41 bits per heavy atom. The van der Waals surface area contributed by atoms with Crippen molar-refractivity contribution in [3.05, 3.63) is 82.9 Å². The summed E-state index contributed by atoms with van der Waals surface area (Å²) in [5, 5.41) is 27.2. The highest BCUT2D eigenvalue weighted by Crippen LogP contribution is 2.30. The molecule has 0 saturated carbocycles. The lowest BCUT2D eigenvalue weighted by Crippen LogP contribution is -2.34. The predicted octanol–water partition coefficient (Wildman–Crippen LogP) is 4.60. The zero-order chi connectivity index (χ0) is 22.5. The molecule has 0 radical (unpaired) electrons. The third kappa shape index (κ3) is 5.28. The van der Waals surface area contributed by atoms with E-state index in [1.807, 2.05) is 48.7 Å². The molecule has 7 nitrogen and oxygen atoms in total. The first-order valence-corrected chi connectivity index (χ1v) is 11.1. The quantitative estimate of drug-likeness (QED) is 0.362. The number of hydrogen-bond donors (Lipinski definition) is 3. The summed E-state index contributed by atoms with van der Waals surface area (Å²) in [5.41, 5.74) is 3.52. The number of ether oxygens (including phenoxy) is 1. The second-order valence-corrected chi connectivity index (χ2v) is 8.45. The average Bonchev–Trinajstić information content (AvgIpc) is 3.24. The molecule has 2 heterocycles. The third-order valence-corrected chi connectivity index (χ3v) is 5.70. The Labute approximate surface area is 190 Å². The van der Waals surface area contributed by atoms with Crippen molar-refractivity contribution in [1.82, 2.24) is 15.0 Å². The molecule has 2 aromatic carbocycles. The molecule has 0 saturated heterocycles. The van der Waals surface area contributed by atoms with E-state index in [0.717, 1.165) is 27.5 Å². The van der Waals surface area contributed by atoms with Crippen LogP contribution in [-0.2, 0) is 0 Å². The van der Waals surface area contributed by atoms with E-state index in [-0.39, 0.29) is 6.01 Å². The van der Waals surface area contributed by atoms with E-state index in [1.54, 1.807) is 48.9 Å². The predicted molar refractivity (Wildman–Crippen MR) is 125 cm³/mol. The van der Waals surface area contributed by atoms with E-state index in [0.29, 0.717) is 5.75 Å². The zero-order valence-electron chi connectivity index (χ0n) is 17.7. The Morgan fingerprint density at radius 1 is 1.00 bits per heavy atom. The van der Waals surface area contributed by atoms with Crippen LogP contribution in [0.25, 0.3) is 11.3 Å². The number of aromatic nitrogens is 3. The van der Waals surface area contributed by atoms with Crippen molar-refractivity contribution >= 4 is 17.0 Å². The van der Waals surface area contributed by atoms with Crippen molar-refractivity contribution in [2.45, 2.75) is 32.1 Å². The van der Waals surface area contributed by atoms with Crippen LogP contribution < -0.4 is 10.1 Å². The molecule has 4 aromatic rings. The van der Waals surface area contributed by atoms with Gasteiger partial charge >= 0.3 is 6.01 Å². The van der Waals surface area contributed by atoms with Crippen LogP contribution in [0.3, 0.4) is 0 Å². The maximum Gasteiger partial charge on any atom is 0.321 e. The number of nitrogens with zero attached hydrogens (tertiary/aromatic N) is 3. The summed E-state index contributed by atoms with van der Waals surface area (Å²) >= 11 is 1.61. The second-order valence-electron chi connectivity index (χ2n) is 7.39. The summed E-state index contributed by atoms with van der Waals surface area (Å²) < 4.78 is 5.73. The number of anilines is 1. The SMILES string of the molecule is Cc1nc(-c2ccc(N[C@H](c3cccc(Oc4ncccn4)c3)[C@H](O)[C@H](C)O)cc2)cs1. The Balaban J connectivity index is 1.57. The van der Waals surface area contributed by atoms with Crippen molar-refractivity contribution in [1.29, 1.82) is 0 Å². The van der Waals surface area contributed by atoms with E-state index >= 15 is 0 Å². The minimum atomic E-state index is -1.04. The molecule has 0 aliphatic rings. The Kier molecular flexibility index (Phi) is 6.75. The lowest BCUT2D eigenvalue weighted by Gasteiger charge is -2.28. The first-order valence-electron chi connectivity index (χ1n) is 10.2. The number of benzene rings is 2. The highest BCUT2D eigenvalue weighted by molar-refractivity contribution is 7.09. The summed E-state index contributed by atoms with van der Waals surface area (Å²) in [5.74, 6) is 0.535. The molecule has 3 N–H and O–H groups in total. The van der Waals surface area contributed by atoms with E-state index in [1.165, 1.54) is 0 Å². The van der Waals surface area contributed by atoms with Crippen molar-refractivity contribution < 1.29 is 14.9 Å². The molecule has 0 bridgehead atoms. The van der Waals surface area contributed by atoms with Gasteiger partial charge in [-0.05, 0) is 49.7 Å². The van der Waals surface area contributed by atoms with E-state index in [4.69, 9.17) is 4.74 Å². The van der Waals surface area contributed by atoms with Gasteiger partial charge in [0.2, 0.25) is 0 Å². The molecule has 0 amide bonds. The third-order valence-electron chi connectivity index (χ3n) is 4.93. The van der Waals surface area contributed by atoms with Crippen LogP contribution in [0.1, 0.15) is 23.5 Å². The fourth-order valence-electron chi connectivity index (χ4n) is 3.27. The maximum absolute atomic E-state index is 10.7. The summed E-state index contributed by atoms with van der Waals surface area (Å²) in [4.78, 5) is 12.7. The number of hydrogen-bond acceptors (Lipinski definition) is 8. The summed E-state index contributed by atoms with van der Waals surface area (Å²) in [6.07, 6.45) is 1.22. The van der Waals surface area contributed by atoms with Gasteiger partial charge in [-0.25, -0.2) is 15.0 Å². The average molecular weight is 449 g/mol. The molecular weight excluding hydrogens is 424 g/mol. The van der Waals surface area contributed by atoms with Crippen LogP contribution in [0.5, 0.6) is 11.8 Å². The van der Waals surface area contributed by atoms with E-state index in [9.17, 15) is 10.2 Å². The highest BCUT2D eigenvalue weighted by atomic mass is 32.1. The molecule has 2 aromatic heterocycles. The van der Waals surface area contributed by atoms with Gasteiger partial charge in [0.1, 0.15) is 11.9 Å². The van der Waals surface area contributed by atoms with E-state index < -0.39 is 18.2 Å². The van der Waals surface area contributed by atoms with Gasteiger partial charge in [0.15, 0.2) is 0 Å². The van der Waals surface area contributed by atoms with Gasteiger partial charge in [-0.1, -0.05) is 24.3 Å². The monoisotopic (exact) mass is 448 g/mol. The number of rotatable bonds is 8. The standard InChI is InChI=1S/C24H24N4O3S/c1-15(29)23(30)22(18-5-3-6-20(13-18)31-24-25-11-4-12-26-24)28-19-9-7-17(8-10-19)21-14-32-16(2)27-21/h3-15,22-23,28-30H,1-2H3/t15-,22+,23+/m0/s1. The molecule has 3 atom stereocenters. The number of aliphatic hydroxyl groups excluding tert-OH is 2. The smallest absolute Gasteiger partial charge is 0.321 e. The number of aryl methyl sites for hydroxylation is 1. The number of thiazole rings is 1. The number of aliphatic hydroxyl groups is 2. The van der Waals surface area contributed by atoms with Crippen molar-refractivity contribution in [3.63, 3.8) is 0 Å². The van der Waals surface area contributed by atoms with Crippen molar-refractivity contribution in [2.75, 3.05) is 5.32 Å². The topological polar surface area (TPSA) is 100 Å². The van der Waals surface area contributed by atoms with Crippen molar-refractivity contribution in [3.8, 4) is 23.0 Å². The van der Waals surface area contributed by atoms with Gasteiger partial charge in [-0.2, -0.15) is 0 Å². The Bertz CT molecular complexity index is 1150. The van der Waals surface area contributed by atoms with Gasteiger partial charge in [-0.15, -0.1) is 11.3 Å². The van der Waals surface area contributed by atoms with Crippen LogP contribution in [-0.4, -0.2) is 37.4 Å². The summed E-state index contributed by atoms with van der Waals surface area (Å²) in [6, 6.07) is 16.5. The van der Waals surface area contributed by atoms with Gasteiger partial charge in [-0.3, -0.25) is 0 Å². The van der Waals surface area contributed by atoms with Crippen LogP contribution in [0.2, 0.25) is 0 Å². The second kappa shape index (κ2) is 9.86. The maximum atomic E-state index is 10.7. The summed E-state index contributed by atoms with van der Waals surface area (Å²) in [7, 11) is 0. The minimum Gasteiger partial charge on any atom is -0.424 e. The first-order chi connectivity index (χ1) is 15.5. The molecule has 0 fully saturated rings.